The molecule has 0 unspecified atom stereocenters. The molecule has 1 aliphatic rings. The Morgan fingerprint density at radius 2 is 1.85 bits per heavy atom. The minimum absolute atomic E-state index is 0.0311. The van der Waals surface area contributed by atoms with Crippen LogP contribution in [0.2, 0.25) is 0 Å². The highest BCUT2D eigenvalue weighted by Gasteiger charge is 2.27. The van der Waals surface area contributed by atoms with Crippen molar-refractivity contribution in [3.8, 4) is 0 Å². The average Bonchev–Trinajstić information content (AvgIpc) is 3.42. The van der Waals surface area contributed by atoms with Crippen LogP contribution in [-0.4, -0.2) is 44.5 Å². The normalized spacial score (nSPS) is 16.8. The minimum atomic E-state index is -0.0311. The lowest BCUT2D eigenvalue weighted by molar-refractivity contribution is 0.0944. The van der Waals surface area contributed by atoms with Crippen LogP contribution in [0.15, 0.2) is 54.6 Å². The maximum absolute atomic E-state index is 12.9. The van der Waals surface area contributed by atoms with E-state index in [2.05, 4.69) is 39.9 Å². The van der Waals surface area contributed by atoms with Crippen LogP contribution in [0.1, 0.15) is 55.0 Å². The molecule has 5 rings (SSSR count). The summed E-state index contributed by atoms with van der Waals surface area (Å²) in [4.78, 5) is 25.3. The predicted molar refractivity (Wildman–Crippen MR) is 132 cm³/mol. The van der Waals surface area contributed by atoms with Gasteiger partial charge in [-0.3, -0.25) is 14.7 Å². The lowest BCUT2D eigenvalue weighted by Crippen LogP contribution is -2.30. The molecule has 1 aliphatic heterocycles. The molecule has 33 heavy (non-hydrogen) atoms. The Hall–Kier alpha value is -3.25. The number of nitrogens with one attached hydrogen (secondary N) is 1. The zero-order chi connectivity index (χ0) is 22.9. The first-order valence-corrected chi connectivity index (χ1v) is 11.9. The summed E-state index contributed by atoms with van der Waals surface area (Å²) in [6.45, 7) is 9.80. The number of rotatable bonds is 6. The summed E-state index contributed by atoms with van der Waals surface area (Å²) >= 11 is 0. The van der Waals surface area contributed by atoms with E-state index in [4.69, 9.17) is 9.97 Å². The van der Waals surface area contributed by atoms with E-state index in [0.717, 1.165) is 66.1 Å². The van der Waals surface area contributed by atoms with E-state index in [1.165, 1.54) is 5.52 Å². The highest BCUT2D eigenvalue weighted by atomic mass is 16.1. The van der Waals surface area contributed by atoms with Gasteiger partial charge in [0.2, 0.25) is 0 Å². The molecule has 0 radical (unpaired) electrons. The molecule has 1 saturated heterocycles. The second-order valence-electron chi connectivity index (χ2n) is 9.22. The second kappa shape index (κ2) is 8.94. The van der Waals surface area contributed by atoms with Gasteiger partial charge in [-0.1, -0.05) is 30.3 Å². The number of hydrogen-bond donors (Lipinski definition) is 1. The molecule has 6 nitrogen and oxygen atoms in total. The number of carbonyl (C=O) groups excluding carboxylic acids is 1. The Bertz CT molecular complexity index is 1310. The summed E-state index contributed by atoms with van der Waals surface area (Å²) in [5, 5.41) is 3.96. The number of imidazole rings is 1. The molecule has 2 aromatic heterocycles. The molecule has 1 amide bonds. The third kappa shape index (κ3) is 4.23. The Balaban J connectivity index is 1.40. The van der Waals surface area contributed by atoms with Crippen LogP contribution in [0.4, 0.5) is 0 Å². The standard InChI is InChI=1S/C27H31N5O/c1-4-32-25-12-8-7-11-23(25)30-26(32)17-31-14-13-19(16-31)24-15-21(27(33)28-18(2)3)20-9-5-6-10-22(20)29-24/h5-12,15,18-19H,4,13-14,16-17H2,1-3H3,(H,28,33)/t19-/m0/s1. The van der Waals surface area contributed by atoms with E-state index in [9.17, 15) is 4.79 Å². The molecule has 0 spiro atoms. The molecule has 3 heterocycles. The average molecular weight is 442 g/mol. The summed E-state index contributed by atoms with van der Waals surface area (Å²) in [7, 11) is 0. The first-order valence-electron chi connectivity index (χ1n) is 11.9. The second-order valence-corrected chi connectivity index (χ2v) is 9.22. The molecule has 0 bridgehead atoms. The Morgan fingerprint density at radius 3 is 2.64 bits per heavy atom. The molecule has 0 aliphatic carbocycles. The van der Waals surface area contributed by atoms with Crippen molar-refractivity contribution in [1.29, 1.82) is 0 Å². The Labute approximate surface area is 194 Å². The zero-order valence-electron chi connectivity index (χ0n) is 19.6. The van der Waals surface area contributed by atoms with E-state index < -0.39 is 0 Å². The van der Waals surface area contributed by atoms with Crippen LogP contribution in [0.25, 0.3) is 21.9 Å². The number of benzene rings is 2. The van der Waals surface area contributed by atoms with Gasteiger partial charge in [-0.25, -0.2) is 4.98 Å². The van der Waals surface area contributed by atoms with Gasteiger partial charge in [-0.15, -0.1) is 0 Å². The van der Waals surface area contributed by atoms with Gasteiger partial charge < -0.3 is 9.88 Å². The van der Waals surface area contributed by atoms with Crippen molar-refractivity contribution in [3.05, 3.63) is 71.7 Å². The van der Waals surface area contributed by atoms with Crippen molar-refractivity contribution in [3.63, 3.8) is 0 Å². The fraction of sp³-hybridized carbons (Fsp3) is 0.370. The van der Waals surface area contributed by atoms with Crippen LogP contribution in [0.3, 0.4) is 0 Å². The van der Waals surface area contributed by atoms with Crippen molar-refractivity contribution < 1.29 is 4.79 Å². The van der Waals surface area contributed by atoms with Gasteiger partial charge in [-0.2, -0.15) is 0 Å². The summed E-state index contributed by atoms with van der Waals surface area (Å²) in [5.41, 5.74) is 4.87. The minimum Gasteiger partial charge on any atom is -0.350 e. The number of pyridine rings is 1. The van der Waals surface area contributed by atoms with E-state index in [0.29, 0.717) is 5.92 Å². The number of likely N-dealkylation sites (tertiary alicyclic amines) is 1. The van der Waals surface area contributed by atoms with E-state index in [1.54, 1.807) is 0 Å². The van der Waals surface area contributed by atoms with E-state index in [1.807, 2.05) is 50.2 Å². The number of nitrogens with zero attached hydrogens (tertiary/aromatic N) is 4. The van der Waals surface area contributed by atoms with Crippen LogP contribution >= 0.6 is 0 Å². The number of hydrogen-bond acceptors (Lipinski definition) is 4. The molecule has 6 heteroatoms. The first kappa shape index (κ1) is 21.6. The van der Waals surface area contributed by atoms with Crippen molar-refractivity contribution in [2.75, 3.05) is 13.1 Å². The molecule has 1 N–H and O–H groups in total. The lowest BCUT2D eigenvalue weighted by Gasteiger charge is -2.17. The number of amides is 1. The van der Waals surface area contributed by atoms with Crippen molar-refractivity contribution >= 4 is 27.8 Å². The lowest BCUT2D eigenvalue weighted by atomic mass is 9.99. The van der Waals surface area contributed by atoms with Crippen molar-refractivity contribution in [1.82, 2.24) is 24.8 Å². The summed E-state index contributed by atoms with van der Waals surface area (Å²) in [5.74, 6) is 1.39. The fourth-order valence-corrected chi connectivity index (χ4v) is 4.95. The molecule has 0 saturated carbocycles. The third-order valence-corrected chi connectivity index (χ3v) is 6.51. The van der Waals surface area contributed by atoms with E-state index in [-0.39, 0.29) is 11.9 Å². The Morgan fingerprint density at radius 1 is 1.09 bits per heavy atom. The predicted octanol–water partition coefficient (Wildman–Crippen LogP) is 4.73. The van der Waals surface area contributed by atoms with Gasteiger partial charge in [0, 0.05) is 36.1 Å². The topological polar surface area (TPSA) is 63.1 Å². The quantitative estimate of drug-likeness (QED) is 0.470. The molecule has 170 valence electrons. The first-order chi connectivity index (χ1) is 16.0. The number of fused-ring (bicyclic) bond motifs is 2. The van der Waals surface area contributed by atoms with Crippen LogP contribution in [0.5, 0.6) is 0 Å². The van der Waals surface area contributed by atoms with Crippen LogP contribution in [-0.2, 0) is 13.1 Å². The summed E-state index contributed by atoms with van der Waals surface area (Å²) in [6.07, 6.45) is 1.03. The molecule has 4 aromatic rings. The monoisotopic (exact) mass is 441 g/mol. The largest absolute Gasteiger partial charge is 0.350 e. The molecular weight excluding hydrogens is 410 g/mol. The van der Waals surface area contributed by atoms with Crippen LogP contribution < -0.4 is 5.32 Å². The van der Waals surface area contributed by atoms with Crippen molar-refractivity contribution in [2.45, 2.75) is 52.2 Å². The summed E-state index contributed by atoms with van der Waals surface area (Å²) < 4.78 is 2.31. The highest BCUT2D eigenvalue weighted by molar-refractivity contribution is 6.06. The smallest absolute Gasteiger partial charge is 0.252 e. The van der Waals surface area contributed by atoms with Gasteiger partial charge in [0.15, 0.2) is 0 Å². The molecule has 1 fully saturated rings. The zero-order valence-corrected chi connectivity index (χ0v) is 19.6. The maximum Gasteiger partial charge on any atom is 0.252 e. The number of aryl methyl sites for hydroxylation is 1. The molecule has 1 atom stereocenters. The van der Waals surface area contributed by atoms with Gasteiger partial charge in [0.25, 0.3) is 5.91 Å². The SMILES string of the molecule is CCn1c(CN2CC[C@H](c3cc(C(=O)NC(C)C)c4ccccc4n3)C2)nc2ccccc21. The molecular formula is C27H31N5O. The van der Waals surface area contributed by atoms with Crippen molar-refractivity contribution in [2.24, 2.45) is 0 Å². The number of carbonyl (C=O) groups is 1. The van der Waals surface area contributed by atoms with Gasteiger partial charge in [-0.05, 0) is 58.0 Å². The van der Waals surface area contributed by atoms with Crippen LogP contribution in [0, 0.1) is 0 Å². The highest BCUT2D eigenvalue weighted by Crippen LogP contribution is 2.30. The fourth-order valence-electron chi connectivity index (χ4n) is 4.95. The Kier molecular flexibility index (Phi) is 5.85. The molecule has 2 aromatic carbocycles. The summed E-state index contributed by atoms with van der Waals surface area (Å²) in [6, 6.07) is 18.4. The van der Waals surface area contributed by atoms with Gasteiger partial charge in [0.1, 0.15) is 5.82 Å². The van der Waals surface area contributed by atoms with Gasteiger partial charge in [0.05, 0.1) is 28.7 Å². The number of aromatic nitrogens is 3. The van der Waals surface area contributed by atoms with Gasteiger partial charge >= 0.3 is 0 Å². The van der Waals surface area contributed by atoms with E-state index >= 15 is 0 Å². The number of para-hydroxylation sites is 3. The maximum atomic E-state index is 12.9. The third-order valence-electron chi connectivity index (χ3n) is 6.51.